The van der Waals surface area contributed by atoms with Gasteiger partial charge in [0.25, 0.3) is 0 Å². The van der Waals surface area contributed by atoms with E-state index in [4.69, 9.17) is 19.7 Å². The van der Waals surface area contributed by atoms with Gasteiger partial charge in [0.1, 0.15) is 35.6 Å². The maximum Gasteiger partial charge on any atom is 0.238 e. The normalized spacial score (nSPS) is 17.4. The molecular weight excluding hydrogens is 370 g/mol. The highest BCUT2D eigenvalue weighted by atomic mass is 16.5. The molecule has 0 radical (unpaired) electrons. The van der Waals surface area contributed by atoms with Gasteiger partial charge in [-0.3, -0.25) is 4.57 Å². The number of aromatic nitrogens is 6. The Kier molecular flexibility index (Phi) is 4.50. The van der Waals surface area contributed by atoms with Crippen LogP contribution in [0.1, 0.15) is 30.4 Å². The minimum Gasteiger partial charge on any atom is -0.388 e. The molecule has 29 heavy (non-hydrogen) atoms. The molecule has 1 fully saturated rings. The lowest BCUT2D eigenvalue weighted by molar-refractivity contribution is 0.0258. The van der Waals surface area contributed by atoms with Gasteiger partial charge in [0, 0.05) is 26.6 Å². The summed E-state index contributed by atoms with van der Waals surface area (Å²) in [6.07, 6.45) is 0.523. The van der Waals surface area contributed by atoms with E-state index < -0.39 is 0 Å². The van der Waals surface area contributed by atoms with Crippen molar-refractivity contribution in [2.75, 3.05) is 19.7 Å². The summed E-state index contributed by atoms with van der Waals surface area (Å²) in [6, 6.07) is 7.98. The number of ether oxygens (including phenoxy) is 1. The Morgan fingerprint density at radius 3 is 2.79 bits per heavy atom. The molecule has 9 nitrogen and oxygen atoms in total. The Bertz CT molecular complexity index is 1190. The first-order valence-corrected chi connectivity index (χ1v) is 9.84. The lowest BCUT2D eigenvalue weighted by atomic mass is 10.2. The van der Waals surface area contributed by atoms with Gasteiger partial charge < -0.3 is 19.7 Å². The van der Waals surface area contributed by atoms with Crippen LogP contribution in [0.25, 0.3) is 28.1 Å². The second-order valence-corrected chi connectivity index (χ2v) is 7.10. The summed E-state index contributed by atoms with van der Waals surface area (Å²) in [7, 11) is 1.86. The third-order valence-electron chi connectivity index (χ3n) is 5.35. The number of rotatable bonds is 4. The molecule has 1 aliphatic heterocycles. The van der Waals surface area contributed by atoms with E-state index in [2.05, 4.69) is 17.2 Å². The van der Waals surface area contributed by atoms with Gasteiger partial charge in [-0.2, -0.15) is 4.98 Å². The van der Waals surface area contributed by atoms with E-state index >= 15 is 0 Å². The molecule has 1 atom stereocenters. The third kappa shape index (κ3) is 2.89. The average Bonchev–Trinajstić information content (AvgIpc) is 3.31. The quantitative estimate of drug-likeness (QED) is 0.540. The number of morpholine rings is 1. The van der Waals surface area contributed by atoms with Crippen LogP contribution in [-0.4, -0.2) is 53.9 Å². The Balaban J connectivity index is 1.80. The van der Waals surface area contributed by atoms with E-state index in [0.29, 0.717) is 36.1 Å². The smallest absolute Gasteiger partial charge is 0.238 e. The van der Waals surface area contributed by atoms with Crippen LogP contribution in [0.2, 0.25) is 0 Å². The number of nitrogens with one attached hydrogen (secondary N) is 1. The van der Waals surface area contributed by atoms with Gasteiger partial charge in [0.05, 0.1) is 17.6 Å². The maximum absolute atomic E-state index is 9.71. The van der Waals surface area contributed by atoms with Crippen LogP contribution in [0.4, 0.5) is 0 Å². The zero-order valence-electron chi connectivity index (χ0n) is 16.5. The molecule has 9 heteroatoms. The van der Waals surface area contributed by atoms with Crippen molar-refractivity contribution in [1.82, 2.24) is 34.4 Å². The van der Waals surface area contributed by atoms with E-state index in [1.54, 1.807) is 0 Å². The summed E-state index contributed by atoms with van der Waals surface area (Å²) in [5, 5.41) is 13.1. The second kappa shape index (κ2) is 7.18. The summed E-state index contributed by atoms with van der Waals surface area (Å²) in [5.41, 5.74) is 3.93. The molecule has 1 saturated heterocycles. The van der Waals surface area contributed by atoms with Crippen molar-refractivity contribution in [1.29, 1.82) is 0 Å². The first kappa shape index (κ1) is 18.2. The van der Waals surface area contributed by atoms with E-state index in [0.717, 1.165) is 35.5 Å². The van der Waals surface area contributed by atoms with Gasteiger partial charge in [-0.05, 0) is 12.1 Å². The lowest BCUT2D eigenvalue weighted by Gasteiger charge is -2.23. The largest absolute Gasteiger partial charge is 0.388 e. The van der Waals surface area contributed by atoms with Gasteiger partial charge >= 0.3 is 0 Å². The molecule has 0 spiro atoms. The average molecular weight is 393 g/mol. The van der Waals surface area contributed by atoms with Crippen molar-refractivity contribution in [3.8, 4) is 5.95 Å². The highest BCUT2D eigenvalue weighted by molar-refractivity contribution is 5.79. The van der Waals surface area contributed by atoms with Crippen molar-refractivity contribution in [3.63, 3.8) is 0 Å². The summed E-state index contributed by atoms with van der Waals surface area (Å²) in [4.78, 5) is 19.1. The molecule has 0 amide bonds. The number of hydrogen-bond acceptors (Lipinski definition) is 7. The molecule has 4 aromatic rings. The molecule has 4 heterocycles. The maximum atomic E-state index is 9.71. The monoisotopic (exact) mass is 393 g/mol. The first-order valence-electron chi connectivity index (χ1n) is 9.84. The number of para-hydroxylation sites is 2. The molecule has 2 N–H and O–H groups in total. The topological polar surface area (TPSA) is 103 Å². The number of imidazole rings is 2. The van der Waals surface area contributed by atoms with Crippen molar-refractivity contribution < 1.29 is 9.84 Å². The fourth-order valence-corrected chi connectivity index (χ4v) is 3.86. The van der Waals surface area contributed by atoms with E-state index in [1.807, 2.05) is 40.4 Å². The Hall–Kier alpha value is -2.88. The van der Waals surface area contributed by atoms with E-state index in [9.17, 15) is 5.11 Å². The summed E-state index contributed by atoms with van der Waals surface area (Å²) in [6.45, 7) is 3.98. The zero-order valence-corrected chi connectivity index (χ0v) is 16.5. The molecule has 0 bridgehead atoms. The van der Waals surface area contributed by atoms with Crippen molar-refractivity contribution >= 4 is 22.2 Å². The fraction of sp³-hybridized carbons (Fsp3) is 0.400. The van der Waals surface area contributed by atoms with Crippen molar-refractivity contribution in [2.24, 2.45) is 7.05 Å². The predicted molar refractivity (Wildman–Crippen MR) is 108 cm³/mol. The van der Waals surface area contributed by atoms with Gasteiger partial charge in [0.2, 0.25) is 5.95 Å². The minimum atomic E-state index is -0.227. The summed E-state index contributed by atoms with van der Waals surface area (Å²) < 4.78 is 9.79. The van der Waals surface area contributed by atoms with Crippen LogP contribution in [0.5, 0.6) is 0 Å². The number of fused-ring (bicyclic) bond motifs is 2. The fourth-order valence-electron chi connectivity index (χ4n) is 3.86. The lowest BCUT2D eigenvalue weighted by Crippen LogP contribution is -2.34. The Morgan fingerprint density at radius 1 is 1.17 bits per heavy atom. The molecule has 0 saturated carbocycles. The number of aliphatic hydroxyl groups is 1. The van der Waals surface area contributed by atoms with E-state index in [-0.39, 0.29) is 12.7 Å². The summed E-state index contributed by atoms with van der Waals surface area (Å²) >= 11 is 0. The number of aliphatic hydroxyl groups excluding tert-OH is 1. The van der Waals surface area contributed by atoms with Gasteiger partial charge in [-0.15, -0.1) is 0 Å². The highest BCUT2D eigenvalue weighted by Gasteiger charge is 2.26. The molecule has 1 aliphatic rings. The van der Waals surface area contributed by atoms with Crippen molar-refractivity contribution in [3.05, 3.63) is 41.6 Å². The zero-order chi connectivity index (χ0) is 20.0. The number of hydrogen-bond donors (Lipinski definition) is 2. The minimum absolute atomic E-state index is 0.167. The van der Waals surface area contributed by atoms with Crippen LogP contribution in [0.15, 0.2) is 24.3 Å². The summed E-state index contributed by atoms with van der Waals surface area (Å²) in [5.74, 6) is 1.98. The molecular formula is C20H23N7O2. The number of aryl methyl sites for hydroxylation is 2. The molecule has 150 valence electrons. The van der Waals surface area contributed by atoms with Gasteiger partial charge in [-0.1, -0.05) is 19.1 Å². The van der Waals surface area contributed by atoms with E-state index in [1.165, 1.54) is 0 Å². The van der Waals surface area contributed by atoms with Crippen LogP contribution in [0.3, 0.4) is 0 Å². The molecule has 3 aromatic heterocycles. The molecule has 5 rings (SSSR count). The SMILES string of the molecule is CCc1nc2ccccc2n1-c1nc(C2CNCCO2)c2nc(CO)n(C)c2n1. The molecule has 1 aromatic carbocycles. The third-order valence-corrected chi connectivity index (χ3v) is 5.35. The molecule has 1 unspecified atom stereocenters. The van der Waals surface area contributed by atoms with Gasteiger partial charge in [0.15, 0.2) is 5.65 Å². The van der Waals surface area contributed by atoms with Crippen LogP contribution < -0.4 is 5.32 Å². The number of nitrogens with zero attached hydrogens (tertiary/aromatic N) is 6. The highest BCUT2D eigenvalue weighted by Crippen LogP contribution is 2.28. The van der Waals surface area contributed by atoms with Crippen molar-refractivity contribution in [2.45, 2.75) is 26.1 Å². The first-order chi connectivity index (χ1) is 14.2. The van der Waals surface area contributed by atoms with Gasteiger partial charge in [-0.25, -0.2) is 15.0 Å². The van der Waals surface area contributed by atoms with Crippen LogP contribution >= 0.6 is 0 Å². The molecule has 0 aliphatic carbocycles. The Labute approximate surface area is 167 Å². The van der Waals surface area contributed by atoms with Crippen LogP contribution in [-0.2, 0) is 24.8 Å². The standard InChI is InChI=1S/C20H23N7O2/c1-3-15-22-12-6-4-5-7-13(12)27(15)20-24-17(14-10-21-8-9-29-14)18-19(25-20)26(2)16(11-28)23-18/h4-7,14,21,28H,3,8-11H2,1-2H3. The Morgan fingerprint density at radius 2 is 2.03 bits per heavy atom. The predicted octanol–water partition coefficient (Wildman–Crippen LogP) is 1.42. The second-order valence-electron chi connectivity index (χ2n) is 7.10. The number of benzene rings is 1. The van der Waals surface area contributed by atoms with Crippen LogP contribution in [0, 0.1) is 0 Å².